The Morgan fingerprint density at radius 3 is 2.81 bits per heavy atom. The first kappa shape index (κ1) is 14.1. The molecule has 0 saturated heterocycles. The molecule has 21 heavy (non-hydrogen) atoms. The summed E-state index contributed by atoms with van der Waals surface area (Å²) in [4.78, 5) is 4.76. The van der Waals surface area contributed by atoms with E-state index in [1.54, 1.807) is 0 Å². The van der Waals surface area contributed by atoms with Gasteiger partial charge in [0.15, 0.2) is 0 Å². The molecule has 0 N–H and O–H groups in total. The van der Waals surface area contributed by atoms with Gasteiger partial charge in [-0.2, -0.15) is 5.26 Å². The van der Waals surface area contributed by atoms with Gasteiger partial charge in [-0.1, -0.05) is 19.1 Å². The molecule has 0 aliphatic heterocycles. The van der Waals surface area contributed by atoms with E-state index in [0.29, 0.717) is 5.56 Å². The van der Waals surface area contributed by atoms with Gasteiger partial charge in [0, 0.05) is 15.7 Å². The lowest BCUT2D eigenvalue weighted by atomic mass is 10.2. The first-order chi connectivity index (χ1) is 10.2. The third-order valence-corrected chi connectivity index (χ3v) is 4.08. The van der Waals surface area contributed by atoms with E-state index in [0.717, 1.165) is 35.4 Å². The molecule has 104 valence electrons. The second kappa shape index (κ2) is 5.86. The number of halogens is 1. The van der Waals surface area contributed by atoms with Crippen LogP contribution < -0.4 is 0 Å². The molecule has 0 fully saturated rings. The quantitative estimate of drug-likeness (QED) is 0.617. The summed E-state index contributed by atoms with van der Waals surface area (Å²) in [6.45, 7) is 3.08. The summed E-state index contributed by atoms with van der Waals surface area (Å²) in [6.07, 6.45) is 1.04. The van der Waals surface area contributed by atoms with Crippen LogP contribution in [-0.2, 0) is 6.54 Å². The number of aryl methyl sites for hydroxylation is 1. The fourth-order valence-electron chi connectivity index (χ4n) is 2.50. The molecule has 0 amide bonds. The van der Waals surface area contributed by atoms with Crippen molar-refractivity contribution in [3.8, 4) is 17.5 Å². The van der Waals surface area contributed by atoms with E-state index >= 15 is 0 Å². The van der Waals surface area contributed by atoms with Crippen molar-refractivity contribution in [2.45, 2.75) is 19.9 Å². The van der Waals surface area contributed by atoms with E-state index in [9.17, 15) is 0 Å². The number of nitriles is 1. The van der Waals surface area contributed by atoms with E-state index in [1.807, 2.05) is 24.3 Å². The second-order valence-corrected chi connectivity index (χ2v) is 6.16. The molecule has 0 saturated carbocycles. The zero-order valence-electron chi connectivity index (χ0n) is 11.7. The molecule has 2 aromatic carbocycles. The summed E-state index contributed by atoms with van der Waals surface area (Å²) in [7, 11) is 0. The van der Waals surface area contributed by atoms with Crippen molar-refractivity contribution in [1.82, 2.24) is 9.55 Å². The Kier molecular flexibility index (Phi) is 3.93. The average molecular weight is 387 g/mol. The maximum Gasteiger partial charge on any atom is 0.141 e. The van der Waals surface area contributed by atoms with E-state index in [2.05, 4.69) is 58.4 Å². The van der Waals surface area contributed by atoms with Crippen molar-refractivity contribution in [3.05, 3.63) is 51.6 Å². The molecule has 0 spiro atoms. The standard InChI is InChI=1S/C17H14IN3/c1-2-8-21-16-7-6-12(11-19)9-15(16)20-17(21)13-4-3-5-14(18)10-13/h3-7,9-10H,2,8H2,1H3. The van der Waals surface area contributed by atoms with E-state index in [4.69, 9.17) is 10.2 Å². The highest BCUT2D eigenvalue weighted by Crippen LogP contribution is 2.26. The lowest BCUT2D eigenvalue weighted by Crippen LogP contribution is -1.99. The number of nitrogens with zero attached hydrogens (tertiary/aromatic N) is 3. The van der Waals surface area contributed by atoms with Gasteiger partial charge in [0.1, 0.15) is 5.82 Å². The highest BCUT2D eigenvalue weighted by atomic mass is 127. The number of aromatic nitrogens is 2. The summed E-state index contributed by atoms with van der Waals surface area (Å²) in [5, 5.41) is 9.04. The number of imidazole rings is 1. The van der Waals surface area contributed by atoms with E-state index in [1.165, 1.54) is 3.57 Å². The Labute approximate surface area is 137 Å². The van der Waals surface area contributed by atoms with Crippen LogP contribution in [0.3, 0.4) is 0 Å². The first-order valence-corrected chi connectivity index (χ1v) is 7.97. The molecule has 0 unspecified atom stereocenters. The van der Waals surface area contributed by atoms with Gasteiger partial charge in [-0.25, -0.2) is 4.98 Å². The normalized spacial score (nSPS) is 10.7. The summed E-state index contributed by atoms with van der Waals surface area (Å²) in [5.74, 6) is 0.973. The third kappa shape index (κ3) is 2.66. The van der Waals surface area contributed by atoms with Crippen LogP contribution in [0.15, 0.2) is 42.5 Å². The number of hydrogen-bond donors (Lipinski definition) is 0. The molecule has 4 heteroatoms. The van der Waals surface area contributed by atoms with Gasteiger partial charge < -0.3 is 4.57 Å². The molecule has 0 bridgehead atoms. The molecule has 0 atom stereocenters. The molecule has 0 aliphatic rings. The molecule has 3 rings (SSSR count). The van der Waals surface area contributed by atoms with Crippen LogP contribution in [0, 0.1) is 14.9 Å². The zero-order valence-corrected chi connectivity index (χ0v) is 13.8. The van der Waals surface area contributed by atoms with Gasteiger partial charge in [-0.3, -0.25) is 0 Å². The molecule has 0 aliphatic carbocycles. The fourth-order valence-corrected chi connectivity index (χ4v) is 3.04. The smallest absolute Gasteiger partial charge is 0.141 e. The minimum absolute atomic E-state index is 0.651. The van der Waals surface area contributed by atoms with Gasteiger partial charge in [0.2, 0.25) is 0 Å². The summed E-state index contributed by atoms with van der Waals surface area (Å²) in [5.41, 5.74) is 3.74. The van der Waals surface area contributed by atoms with Crippen molar-refractivity contribution in [1.29, 1.82) is 5.26 Å². The van der Waals surface area contributed by atoms with Crippen LogP contribution in [0.2, 0.25) is 0 Å². The Morgan fingerprint density at radius 2 is 2.10 bits per heavy atom. The second-order valence-electron chi connectivity index (χ2n) is 4.91. The van der Waals surface area contributed by atoms with Crippen molar-refractivity contribution in [3.63, 3.8) is 0 Å². The predicted octanol–water partition coefficient (Wildman–Crippen LogP) is 4.59. The third-order valence-electron chi connectivity index (χ3n) is 3.41. The Balaban J connectivity index is 2.26. The SMILES string of the molecule is CCCn1c(-c2cccc(I)c2)nc2cc(C#N)ccc21. The van der Waals surface area contributed by atoms with Crippen LogP contribution in [0.1, 0.15) is 18.9 Å². The zero-order chi connectivity index (χ0) is 14.8. The molecule has 1 heterocycles. The predicted molar refractivity (Wildman–Crippen MR) is 92.9 cm³/mol. The molecule has 3 aromatic rings. The lowest BCUT2D eigenvalue weighted by Gasteiger charge is -2.08. The minimum Gasteiger partial charge on any atom is -0.324 e. The van der Waals surface area contributed by atoms with E-state index in [-0.39, 0.29) is 0 Å². The van der Waals surface area contributed by atoms with Crippen LogP contribution in [0.25, 0.3) is 22.4 Å². The van der Waals surface area contributed by atoms with Crippen LogP contribution in [-0.4, -0.2) is 9.55 Å². The molecular weight excluding hydrogens is 373 g/mol. The summed E-state index contributed by atoms with van der Waals surface area (Å²) in [6, 6.07) is 16.2. The number of rotatable bonds is 3. The van der Waals surface area contributed by atoms with Crippen molar-refractivity contribution >= 4 is 33.6 Å². The minimum atomic E-state index is 0.651. The lowest BCUT2D eigenvalue weighted by molar-refractivity contribution is 0.704. The Hall–Kier alpha value is -1.87. The van der Waals surface area contributed by atoms with Gasteiger partial charge in [0.25, 0.3) is 0 Å². The highest BCUT2D eigenvalue weighted by molar-refractivity contribution is 14.1. The van der Waals surface area contributed by atoms with Gasteiger partial charge in [-0.05, 0) is 59.3 Å². The molecule has 1 aromatic heterocycles. The maximum absolute atomic E-state index is 9.04. The Bertz CT molecular complexity index is 843. The van der Waals surface area contributed by atoms with Crippen LogP contribution in [0.4, 0.5) is 0 Å². The summed E-state index contributed by atoms with van der Waals surface area (Å²) < 4.78 is 3.43. The van der Waals surface area contributed by atoms with Crippen LogP contribution in [0.5, 0.6) is 0 Å². The van der Waals surface area contributed by atoms with Crippen LogP contribution >= 0.6 is 22.6 Å². The summed E-state index contributed by atoms with van der Waals surface area (Å²) >= 11 is 2.31. The Morgan fingerprint density at radius 1 is 1.24 bits per heavy atom. The topological polar surface area (TPSA) is 41.6 Å². The monoisotopic (exact) mass is 387 g/mol. The maximum atomic E-state index is 9.04. The van der Waals surface area contributed by atoms with E-state index < -0.39 is 0 Å². The van der Waals surface area contributed by atoms with Crippen molar-refractivity contribution in [2.24, 2.45) is 0 Å². The molecule has 3 nitrogen and oxygen atoms in total. The number of hydrogen-bond acceptors (Lipinski definition) is 2. The largest absolute Gasteiger partial charge is 0.324 e. The van der Waals surface area contributed by atoms with Crippen molar-refractivity contribution in [2.75, 3.05) is 0 Å². The highest BCUT2D eigenvalue weighted by Gasteiger charge is 2.12. The number of benzene rings is 2. The van der Waals surface area contributed by atoms with Crippen molar-refractivity contribution < 1.29 is 0 Å². The average Bonchev–Trinajstić information content (AvgIpc) is 2.85. The van der Waals surface area contributed by atoms with Gasteiger partial charge in [0.05, 0.1) is 22.7 Å². The molecular formula is C17H14IN3. The first-order valence-electron chi connectivity index (χ1n) is 6.89. The van der Waals surface area contributed by atoms with Gasteiger partial charge in [-0.15, -0.1) is 0 Å². The van der Waals surface area contributed by atoms with Gasteiger partial charge >= 0.3 is 0 Å². The fraction of sp³-hybridized carbons (Fsp3) is 0.176. The number of fused-ring (bicyclic) bond motifs is 1. The molecule has 0 radical (unpaired) electrons.